The van der Waals surface area contributed by atoms with Crippen molar-refractivity contribution in [2.24, 2.45) is 5.92 Å². The maximum Gasteiger partial charge on any atom is 0.0897 e. The molecule has 1 saturated heterocycles. The summed E-state index contributed by atoms with van der Waals surface area (Å²) in [4.78, 5) is 0. The number of nitrogens with one attached hydrogen (secondary N) is 1. The standard InChI is InChI=1S/C11H23NO3/c1-2-4-12-6-11(13)9-15-8-10-3-5-14-7-10/h10-13H,2-9H2,1H3. The molecule has 4 nitrogen and oxygen atoms in total. The van der Waals surface area contributed by atoms with Crippen molar-refractivity contribution in [2.75, 3.05) is 39.5 Å². The topological polar surface area (TPSA) is 50.7 Å². The van der Waals surface area contributed by atoms with Gasteiger partial charge in [0.15, 0.2) is 0 Å². The molecule has 0 aromatic carbocycles. The van der Waals surface area contributed by atoms with Gasteiger partial charge in [-0.1, -0.05) is 6.92 Å². The summed E-state index contributed by atoms with van der Waals surface area (Å²) in [5.74, 6) is 0.529. The summed E-state index contributed by atoms with van der Waals surface area (Å²) in [5.41, 5.74) is 0. The average molecular weight is 217 g/mol. The number of ether oxygens (including phenoxy) is 2. The fraction of sp³-hybridized carbons (Fsp3) is 1.00. The average Bonchev–Trinajstić information content (AvgIpc) is 2.71. The summed E-state index contributed by atoms with van der Waals surface area (Å²) >= 11 is 0. The van der Waals surface area contributed by atoms with Gasteiger partial charge in [0.05, 0.1) is 25.9 Å². The molecule has 2 N–H and O–H groups in total. The first-order chi connectivity index (χ1) is 7.33. The molecule has 15 heavy (non-hydrogen) atoms. The summed E-state index contributed by atoms with van der Waals surface area (Å²) < 4.78 is 10.7. The highest BCUT2D eigenvalue weighted by Gasteiger charge is 2.16. The zero-order valence-electron chi connectivity index (χ0n) is 9.58. The Hall–Kier alpha value is -0.160. The van der Waals surface area contributed by atoms with Gasteiger partial charge in [-0.3, -0.25) is 0 Å². The Kier molecular flexibility index (Phi) is 6.92. The first kappa shape index (κ1) is 12.9. The van der Waals surface area contributed by atoms with Crippen LogP contribution in [-0.4, -0.2) is 50.7 Å². The van der Waals surface area contributed by atoms with Crippen LogP contribution in [0.4, 0.5) is 0 Å². The van der Waals surface area contributed by atoms with Crippen LogP contribution in [-0.2, 0) is 9.47 Å². The lowest BCUT2D eigenvalue weighted by Gasteiger charge is -2.13. The van der Waals surface area contributed by atoms with Crippen molar-refractivity contribution in [2.45, 2.75) is 25.9 Å². The maximum atomic E-state index is 9.53. The molecule has 1 aliphatic heterocycles. The fourth-order valence-corrected chi connectivity index (χ4v) is 1.59. The van der Waals surface area contributed by atoms with Crippen LogP contribution in [0.15, 0.2) is 0 Å². The Morgan fingerprint density at radius 3 is 3.13 bits per heavy atom. The number of hydrogen-bond acceptors (Lipinski definition) is 4. The van der Waals surface area contributed by atoms with Gasteiger partial charge in [-0.05, 0) is 19.4 Å². The molecule has 0 aromatic heterocycles. The molecule has 0 aromatic rings. The smallest absolute Gasteiger partial charge is 0.0897 e. The van der Waals surface area contributed by atoms with Crippen molar-refractivity contribution in [3.05, 3.63) is 0 Å². The van der Waals surface area contributed by atoms with E-state index in [2.05, 4.69) is 12.2 Å². The molecule has 0 bridgehead atoms. The minimum atomic E-state index is -0.390. The normalized spacial score (nSPS) is 23.2. The van der Waals surface area contributed by atoms with Gasteiger partial charge in [0.2, 0.25) is 0 Å². The molecule has 0 saturated carbocycles. The van der Waals surface area contributed by atoms with Crippen LogP contribution >= 0.6 is 0 Å². The lowest BCUT2D eigenvalue weighted by molar-refractivity contribution is 0.0198. The van der Waals surface area contributed by atoms with Crippen molar-refractivity contribution in [1.29, 1.82) is 0 Å². The van der Waals surface area contributed by atoms with Crippen molar-refractivity contribution >= 4 is 0 Å². The summed E-state index contributed by atoms with van der Waals surface area (Å²) in [7, 11) is 0. The van der Waals surface area contributed by atoms with Crippen LogP contribution in [0.3, 0.4) is 0 Å². The molecule has 1 heterocycles. The zero-order chi connectivity index (χ0) is 10.9. The quantitative estimate of drug-likeness (QED) is 0.578. The van der Waals surface area contributed by atoms with Gasteiger partial charge in [0.25, 0.3) is 0 Å². The molecular weight excluding hydrogens is 194 g/mol. The molecule has 1 rings (SSSR count). The third-order valence-corrected chi connectivity index (χ3v) is 2.49. The van der Waals surface area contributed by atoms with Gasteiger partial charge in [-0.15, -0.1) is 0 Å². The highest BCUT2D eigenvalue weighted by Crippen LogP contribution is 2.12. The van der Waals surface area contributed by atoms with E-state index in [1.807, 2.05) is 0 Å². The highest BCUT2D eigenvalue weighted by molar-refractivity contribution is 4.64. The van der Waals surface area contributed by atoms with Gasteiger partial charge < -0.3 is 19.9 Å². The van der Waals surface area contributed by atoms with Gasteiger partial charge in [-0.25, -0.2) is 0 Å². The van der Waals surface area contributed by atoms with Gasteiger partial charge >= 0.3 is 0 Å². The fourth-order valence-electron chi connectivity index (χ4n) is 1.59. The minimum absolute atomic E-state index is 0.390. The molecule has 0 radical (unpaired) electrons. The summed E-state index contributed by atoms with van der Waals surface area (Å²) in [6, 6.07) is 0. The molecule has 0 amide bonds. The van der Waals surface area contributed by atoms with Crippen LogP contribution in [0.1, 0.15) is 19.8 Å². The highest BCUT2D eigenvalue weighted by atomic mass is 16.5. The number of aliphatic hydroxyl groups is 1. The van der Waals surface area contributed by atoms with Crippen molar-refractivity contribution < 1.29 is 14.6 Å². The third-order valence-electron chi connectivity index (χ3n) is 2.49. The number of aliphatic hydroxyl groups excluding tert-OH is 1. The first-order valence-electron chi connectivity index (χ1n) is 5.87. The van der Waals surface area contributed by atoms with E-state index in [9.17, 15) is 5.11 Å². The van der Waals surface area contributed by atoms with Crippen LogP contribution in [0.2, 0.25) is 0 Å². The van der Waals surface area contributed by atoms with Gasteiger partial charge in [-0.2, -0.15) is 0 Å². The van der Waals surface area contributed by atoms with E-state index in [1.165, 1.54) is 0 Å². The predicted octanol–water partition coefficient (Wildman–Crippen LogP) is 0.400. The molecule has 0 spiro atoms. The van der Waals surface area contributed by atoms with E-state index < -0.39 is 0 Å². The summed E-state index contributed by atoms with van der Waals surface area (Å²) in [6.45, 7) is 6.48. The summed E-state index contributed by atoms with van der Waals surface area (Å²) in [5, 5.41) is 12.7. The Balaban J connectivity index is 1.89. The van der Waals surface area contributed by atoms with Crippen LogP contribution in [0.25, 0.3) is 0 Å². The summed E-state index contributed by atoms with van der Waals surface area (Å²) in [6.07, 6.45) is 1.79. The molecule has 1 aliphatic rings. The van der Waals surface area contributed by atoms with Crippen LogP contribution < -0.4 is 5.32 Å². The second-order valence-electron chi connectivity index (χ2n) is 4.13. The van der Waals surface area contributed by atoms with Crippen LogP contribution in [0.5, 0.6) is 0 Å². The third kappa shape index (κ3) is 6.10. The van der Waals surface area contributed by atoms with E-state index in [-0.39, 0.29) is 6.10 Å². The molecular formula is C11H23NO3. The van der Waals surface area contributed by atoms with Crippen LogP contribution in [0, 0.1) is 5.92 Å². The Bertz CT molecular complexity index is 149. The monoisotopic (exact) mass is 217 g/mol. The largest absolute Gasteiger partial charge is 0.389 e. The van der Waals surface area contributed by atoms with Gasteiger partial charge in [0.1, 0.15) is 0 Å². The number of rotatable bonds is 8. The molecule has 1 fully saturated rings. The Labute approximate surface area is 92.0 Å². The van der Waals surface area contributed by atoms with E-state index in [1.54, 1.807) is 0 Å². The lowest BCUT2D eigenvalue weighted by atomic mass is 10.1. The molecule has 90 valence electrons. The molecule has 2 atom stereocenters. The van der Waals surface area contributed by atoms with Crippen molar-refractivity contribution in [3.63, 3.8) is 0 Å². The SMILES string of the molecule is CCCNCC(O)COCC1CCOC1. The Morgan fingerprint density at radius 1 is 1.60 bits per heavy atom. The second-order valence-corrected chi connectivity index (χ2v) is 4.13. The van der Waals surface area contributed by atoms with E-state index in [4.69, 9.17) is 9.47 Å². The molecule has 0 aliphatic carbocycles. The molecule has 2 unspecified atom stereocenters. The van der Waals surface area contributed by atoms with E-state index in [0.717, 1.165) is 32.6 Å². The Morgan fingerprint density at radius 2 is 2.47 bits per heavy atom. The first-order valence-corrected chi connectivity index (χ1v) is 5.87. The second kappa shape index (κ2) is 8.05. The number of hydrogen-bond donors (Lipinski definition) is 2. The predicted molar refractivity (Wildman–Crippen MR) is 58.9 cm³/mol. The zero-order valence-corrected chi connectivity index (χ0v) is 9.58. The van der Waals surface area contributed by atoms with E-state index >= 15 is 0 Å². The minimum Gasteiger partial charge on any atom is -0.389 e. The van der Waals surface area contributed by atoms with Crippen molar-refractivity contribution in [1.82, 2.24) is 5.32 Å². The maximum absolute atomic E-state index is 9.53. The van der Waals surface area contributed by atoms with Gasteiger partial charge in [0, 0.05) is 19.1 Å². The lowest BCUT2D eigenvalue weighted by Crippen LogP contribution is -2.31. The molecule has 4 heteroatoms. The van der Waals surface area contributed by atoms with Crippen molar-refractivity contribution in [3.8, 4) is 0 Å². The van der Waals surface area contributed by atoms with E-state index in [0.29, 0.717) is 25.7 Å².